The molecule has 1 saturated heterocycles. The van der Waals surface area contributed by atoms with Gasteiger partial charge in [-0.15, -0.1) is 0 Å². The first-order valence-corrected chi connectivity index (χ1v) is 6.94. The molecule has 2 unspecified atom stereocenters. The Labute approximate surface area is 106 Å². The van der Waals surface area contributed by atoms with E-state index in [1.165, 1.54) is 48.9 Å². The van der Waals surface area contributed by atoms with Crippen molar-refractivity contribution in [2.75, 3.05) is 6.54 Å². The predicted molar refractivity (Wildman–Crippen MR) is 74.4 cm³/mol. The molecule has 1 N–H and O–H groups in total. The van der Waals surface area contributed by atoms with E-state index < -0.39 is 0 Å². The van der Waals surface area contributed by atoms with Crippen LogP contribution in [0.1, 0.15) is 42.9 Å². The number of nitrogens with one attached hydrogen (secondary N) is 1. The lowest BCUT2D eigenvalue weighted by Crippen LogP contribution is -2.38. The molecule has 1 fully saturated rings. The van der Waals surface area contributed by atoms with Gasteiger partial charge in [0.2, 0.25) is 0 Å². The van der Waals surface area contributed by atoms with Crippen molar-refractivity contribution in [1.29, 1.82) is 0 Å². The van der Waals surface area contributed by atoms with E-state index >= 15 is 0 Å². The molecule has 0 aromatic heterocycles. The first-order chi connectivity index (χ1) is 8.13. The van der Waals surface area contributed by atoms with Gasteiger partial charge in [-0.2, -0.15) is 0 Å². The maximum Gasteiger partial charge on any atom is 0.00704 e. The smallest absolute Gasteiger partial charge is 0.00704 e. The SMILES string of the molecule is Cc1cc(C)cc(CCC2CCC(C)CN2)c1. The highest BCUT2D eigenvalue weighted by Gasteiger charge is 2.16. The molecule has 0 bridgehead atoms. The third-order valence-corrected chi connectivity index (χ3v) is 3.83. The highest BCUT2D eigenvalue weighted by atomic mass is 14.9. The molecule has 1 nitrogen and oxygen atoms in total. The van der Waals surface area contributed by atoms with E-state index in [9.17, 15) is 0 Å². The molecule has 2 atom stereocenters. The van der Waals surface area contributed by atoms with Crippen LogP contribution in [0, 0.1) is 19.8 Å². The third kappa shape index (κ3) is 3.85. The van der Waals surface area contributed by atoms with E-state index in [-0.39, 0.29) is 0 Å². The van der Waals surface area contributed by atoms with Gasteiger partial charge in [-0.05, 0) is 57.6 Å². The van der Waals surface area contributed by atoms with Crippen molar-refractivity contribution in [3.05, 3.63) is 34.9 Å². The molecule has 1 aliphatic rings. The molecule has 1 aromatic rings. The Kier molecular flexibility index (Phi) is 4.22. The fraction of sp³-hybridized carbons (Fsp3) is 0.625. The number of rotatable bonds is 3. The maximum atomic E-state index is 3.67. The number of piperidine rings is 1. The summed E-state index contributed by atoms with van der Waals surface area (Å²) in [5.74, 6) is 0.868. The molecule has 1 aromatic carbocycles. The lowest BCUT2D eigenvalue weighted by Gasteiger charge is -2.27. The van der Waals surface area contributed by atoms with Crippen LogP contribution < -0.4 is 5.32 Å². The zero-order chi connectivity index (χ0) is 12.3. The lowest BCUT2D eigenvalue weighted by atomic mass is 9.92. The summed E-state index contributed by atoms with van der Waals surface area (Å²) < 4.78 is 0. The molecule has 0 aliphatic carbocycles. The van der Waals surface area contributed by atoms with Crippen LogP contribution in [0.5, 0.6) is 0 Å². The van der Waals surface area contributed by atoms with E-state index in [0.717, 1.165) is 12.0 Å². The van der Waals surface area contributed by atoms with Gasteiger partial charge >= 0.3 is 0 Å². The normalized spacial score (nSPS) is 24.9. The van der Waals surface area contributed by atoms with Gasteiger partial charge in [0.15, 0.2) is 0 Å². The Morgan fingerprint density at radius 1 is 1.12 bits per heavy atom. The van der Waals surface area contributed by atoms with Crippen LogP contribution in [-0.2, 0) is 6.42 Å². The van der Waals surface area contributed by atoms with Crippen LogP contribution in [0.4, 0.5) is 0 Å². The van der Waals surface area contributed by atoms with Crippen LogP contribution in [-0.4, -0.2) is 12.6 Å². The van der Waals surface area contributed by atoms with Crippen LogP contribution in [0.2, 0.25) is 0 Å². The second-order valence-corrected chi connectivity index (χ2v) is 5.82. The van der Waals surface area contributed by atoms with Gasteiger partial charge in [-0.3, -0.25) is 0 Å². The minimum Gasteiger partial charge on any atom is -0.314 e. The number of aryl methyl sites for hydroxylation is 3. The van der Waals surface area contributed by atoms with E-state index in [0.29, 0.717) is 0 Å². The fourth-order valence-electron chi connectivity index (χ4n) is 2.86. The first-order valence-electron chi connectivity index (χ1n) is 6.94. The Bertz CT molecular complexity index is 342. The van der Waals surface area contributed by atoms with Gasteiger partial charge in [-0.1, -0.05) is 36.2 Å². The van der Waals surface area contributed by atoms with Gasteiger partial charge in [-0.25, -0.2) is 0 Å². The molecule has 1 heterocycles. The maximum absolute atomic E-state index is 3.67. The minimum absolute atomic E-state index is 0.743. The highest BCUT2D eigenvalue weighted by molar-refractivity contribution is 5.28. The summed E-state index contributed by atoms with van der Waals surface area (Å²) in [6.07, 6.45) is 5.25. The quantitative estimate of drug-likeness (QED) is 0.837. The molecule has 0 amide bonds. The molecule has 1 heteroatoms. The average Bonchev–Trinajstić information content (AvgIpc) is 2.27. The van der Waals surface area contributed by atoms with E-state index in [1.807, 2.05) is 0 Å². The lowest BCUT2D eigenvalue weighted by molar-refractivity contribution is 0.316. The largest absolute Gasteiger partial charge is 0.314 e. The molecular weight excluding hydrogens is 206 g/mol. The number of hydrogen-bond donors (Lipinski definition) is 1. The van der Waals surface area contributed by atoms with Gasteiger partial charge in [0, 0.05) is 6.04 Å². The predicted octanol–water partition coefficient (Wildman–Crippen LogP) is 3.62. The molecule has 94 valence electrons. The van der Waals surface area contributed by atoms with Crippen molar-refractivity contribution in [3.8, 4) is 0 Å². The number of hydrogen-bond acceptors (Lipinski definition) is 1. The molecule has 0 saturated carbocycles. The first kappa shape index (κ1) is 12.6. The van der Waals surface area contributed by atoms with E-state index in [2.05, 4.69) is 44.3 Å². The molecule has 0 radical (unpaired) electrons. The Hall–Kier alpha value is -0.820. The van der Waals surface area contributed by atoms with Gasteiger partial charge in [0.1, 0.15) is 0 Å². The topological polar surface area (TPSA) is 12.0 Å². The van der Waals surface area contributed by atoms with Crippen LogP contribution >= 0.6 is 0 Å². The van der Waals surface area contributed by atoms with Gasteiger partial charge in [0.25, 0.3) is 0 Å². The van der Waals surface area contributed by atoms with E-state index in [4.69, 9.17) is 0 Å². The molecular formula is C16H25N. The monoisotopic (exact) mass is 231 g/mol. The second-order valence-electron chi connectivity index (χ2n) is 5.82. The second kappa shape index (κ2) is 5.68. The van der Waals surface area contributed by atoms with Crippen molar-refractivity contribution in [2.45, 2.75) is 52.5 Å². The number of benzene rings is 1. The Morgan fingerprint density at radius 2 is 1.82 bits per heavy atom. The molecule has 0 spiro atoms. The summed E-state index contributed by atoms with van der Waals surface area (Å²) in [5.41, 5.74) is 4.29. The van der Waals surface area contributed by atoms with Gasteiger partial charge < -0.3 is 5.32 Å². The third-order valence-electron chi connectivity index (χ3n) is 3.83. The molecule has 17 heavy (non-hydrogen) atoms. The van der Waals surface area contributed by atoms with Crippen LogP contribution in [0.15, 0.2) is 18.2 Å². The standard InChI is InChI=1S/C16H25N/c1-12-4-6-16(17-11-12)7-5-15-9-13(2)8-14(3)10-15/h8-10,12,16-17H,4-7,11H2,1-3H3. The molecule has 1 aliphatic heterocycles. The summed E-state index contributed by atoms with van der Waals surface area (Å²) in [6, 6.07) is 7.66. The van der Waals surface area contributed by atoms with Crippen molar-refractivity contribution in [3.63, 3.8) is 0 Å². The average molecular weight is 231 g/mol. The van der Waals surface area contributed by atoms with Crippen molar-refractivity contribution >= 4 is 0 Å². The zero-order valence-electron chi connectivity index (χ0n) is 11.4. The van der Waals surface area contributed by atoms with Crippen LogP contribution in [0.25, 0.3) is 0 Å². The Balaban J connectivity index is 1.85. The summed E-state index contributed by atoms with van der Waals surface area (Å²) in [5, 5.41) is 3.67. The highest BCUT2D eigenvalue weighted by Crippen LogP contribution is 2.18. The van der Waals surface area contributed by atoms with E-state index in [1.54, 1.807) is 0 Å². The molecule has 2 rings (SSSR count). The minimum atomic E-state index is 0.743. The summed E-state index contributed by atoms with van der Waals surface area (Å²) in [4.78, 5) is 0. The Morgan fingerprint density at radius 3 is 2.41 bits per heavy atom. The zero-order valence-corrected chi connectivity index (χ0v) is 11.4. The van der Waals surface area contributed by atoms with Crippen molar-refractivity contribution in [2.24, 2.45) is 5.92 Å². The summed E-state index contributed by atoms with van der Waals surface area (Å²) >= 11 is 0. The van der Waals surface area contributed by atoms with Crippen LogP contribution in [0.3, 0.4) is 0 Å². The summed E-state index contributed by atoms with van der Waals surface area (Å²) in [7, 11) is 0. The van der Waals surface area contributed by atoms with Crippen molar-refractivity contribution < 1.29 is 0 Å². The fourth-order valence-corrected chi connectivity index (χ4v) is 2.86. The summed E-state index contributed by atoms with van der Waals surface area (Å²) in [6.45, 7) is 7.93. The van der Waals surface area contributed by atoms with Gasteiger partial charge in [0.05, 0.1) is 0 Å². The van der Waals surface area contributed by atoms with Crippen molar-refractivity contribution in [1.82, 2.24) is 5.32 Å².